The molecule has 7 heteroatoms. The minimum absolute atomic E-state index is 0.539. The Labute approximate surface area is 146 Å². The predicted octanol–water partition coefficient (Wildman–Crippen LogP) is 2.43. The van der Waals surface area contributed by atoms with E-state index in [1.165, 1.54) is 0 Å². The van der Waals surface area contributed by atoms with Crippen LogP contribution in [0.5, 0.6) is 5.88 Å². The summed E-state index contributed by atoms with van der Waals surface area (Å²) in [6, 6.07) is 3.96. The minimum Gasteiger partial charge on any atom is -0.477 e. The molecule has 0 atom stereocenters. The van der Waals surface area contributed by atoms with Crippen LogP contribution in [0.3, 0.4) is 0 Å². The number of rotatable bonds is 4. The van der Waals surface area contributed by atoms with Gasteiger partial charge in [-0.1, -0.05) is 6.07 Å². The zero-order valence-corrected chi connectivity index (χ0v) is 14.6. The van der Waals surface area contributed by atoms with E-state index in [1.54, 1.807) is 6.20 Å². The molecule has 0 aromatic carbocycles. The standard InChI is InChI=1S/C18H22N6O/c1-13-4-3-7-20-18(13)25-12-15-5-9-23(10-6-15)16-17-22-21-14(2)24(17)11-8-19-16/h3-4,7-8,11,15H,5-6,9-10,12H2,1-2H3. The number of fused-ring (bicyclic) bond motifs is 1. The zero-order chi connectivity index (χ0) is 17.2. The van der Waals surface area contributed by atoms with E-state index in [2.05, 4.69) is 25.1 Å². The maximum atomic E-state index is 5.92. The van der Waals surface area contributed by atoms with E-state index >= 15 is 0 Å². The Morgan fingerprint density at radius 1 is 1.12 bits per heavy atom. The molecule has 7 nitrogen and oxygen atoms in total. The van der Waals surface area contributed by atoms with Crippen LogP contribution in [-0.4, -0.2) is 44.3 Å². The molecule has 4 heterocycles. The molecule has 0 aliphatic carbocycles. The maximum Gasteiger partial charge on any atom is 0.216 e. The maximum absolute atomic E-state index is 5.92. The van der Waals surface area contributed by atoms with Crippen LogP contribution in [0.15, 0.2) is 30.7 Å². The van der Waals surface area contributed by atoms with Crippen molar-refractivity contribution in [1.29, 1.82) is 0 Å². The van der Waals surface area contributed by atoms with Crippen molar-refractivity contribution in [3.63, 3.8) is 0 Å². The number of aryl methyl sites for hydroxylation is 2. The average Bonchev–Trinajstić information content (AvgIpc) is 3.03. The number of hydrogen-bond acceptors (Lipinski definition) is 6. The van der Waals surface area contributed by atoms with Gasteiger partial charge in [-0.05, 0) is 38.7 Å². The lowest BCUT2D eigenvalue weighted by Gasteiger charge is -2.32. The summed E-state index contributed by atoms with van der Waals surface area (Å²) in [6.07, 6.45) is 7.64. The molecule has 0 unspecified atom stereocenters. The van der Waals surface area contributed by atoms with E-state index < -0.39 is 0 Å². The summed E-state index contributed by atoms with van der Waals surface area (Å²) < 4.78 is 7.91. The summed E-state index contributed by atoms with van der Waals surface area (Å²) in [5.41, 5.74) is 1.91. The first kappa shape index (κ1) is 15.8. The number of hydrogen-bond donors (Lipinski definition) is 0. The van der Waals surface area contributed by atoms with Gasteiger partial charge in [0.2, 0.25) is 11.5 Å². The molecule has 0 radical (unpaired) electrons. The third kappa shape index (κ3) is 3.14. The Morgan fingerprint density at radius 3 is 2.76 bits per heavy atom. The first-order valence-corrected chi connectivity index (χ1v) is 8.68. The molecule has 3 aromatic rings. The highest BCUT2D eigenvalue weighted by Gasteiger charge is 2.23. The van der Waals surface area contributed by atoms with Gasteiger partial charge in [0.15, 0.2) is 5.82 Å². The summed E-state index contributed by atoms with van der Waals surface area (Å²) in [7, 11) is 0. The molecule has 0 amide bonds. The van der Waals surface area contributed by atoms with Crippen LogP contribution in [0.25, 0.3) is 5.65 Å². The van der Waals surface area contributed by atoms with Crippen LogP contribution < -0.4 is 9.64 Å². The van der Waals surface area contributed by atoms with Crippen LogP contribution in [0, 0.1) is 19.8 Å². The van der Waals surface area contributed by atoms with Crippen molar-refractivity contribution >= 4 is 11.5 Å². The number of aromatic nitrogens is 5. The smallest absolute Gasteiger partial charge is 0.216 e. The van der Waals surface area contributed by atoms with Gasteiger partial charge in [0.25, 0.3) is 0 Å². The monoisotopic (exact) mass is 338 g/mol. The molecular formula is C18H22N6O. The predicted molar refractivity (Wildman–Crippen MR) is 94.9 cm³/mol. The fourth-order valence-electron chi connectivity index (χ4n) is 3.28. The molecule has 1 aliphatic rings. The third-order valence-electron chi connectivity index (χ3n) is 4.81. The van der Waals surface area contributed by atoms with E-state index in [9.17, 15) is 0 Å². The molecule has 0 bridgehead atoms. The van der Waals surface area contributed by atoms with Crippen molar-refractivity contribution in [1.82, 2.24) is 24.6 Å². The van der Waals surface area contributed by atoms with E-state index in [1.807, 2.05) is 42.8 Å². The normalized spacial score (nSPS) is 15.7. The molecule has 1 fully saturated rings. The Balaban J connectivity index is 1.39. The second-order valence-corrected chi connectivity index (χ2v) is 6.56. The van der Waals surface area contributed by atoms with Gasteiger partial charge in [0, 0.05) is 37.2 Å². The van der Waals surface area contributed by atoms with Gasteiger partial charge in [-0.15, -0.1) is 10.2 Å². The SMILES string of the molecule is Cc1cccnc1OCC1CCN(c2nccn3c(C)nnc23)CC1. The molecule has 4 rings (SSSR count). The van der Waals surface area contributed by atoms with Gasteiger partial charge in [-0.2, -0.15) is 0 Å². The Hall–Kier alpha value is -2.70. The summed E-state index contributed by atoms with van der Waals surface area (Å²) >= 11 is 0. The molecule has 1 aliphatic heterocycles. The van der Waals surface area contributed by atoms with Crippen LogP contribution in [-0.2, 0) is 0 Å². The van der Waals surface area contributed by atoms with Crippen molar-refractivity contribution < 1.29 is 4.74 Å². The Morgan fingerprint density at radius 2 is 1.96 bits per heavy atom. The van der Waals surface area contributed by atoms with Gasteiger partial charge in [0.1, 0.15) is 5.82 Å². The lowest BCUT2D eigenvalue weighted by atomic mass is 9.98. The van der Waals surface area contributed by atoms with E-state index in [4.69, 9.17) is 4.74 Å². The summed E-state index contributed by atoms with van der Waals surface area (Å²) in [6.45, 7) is 6.60. The van der Waals surface area contributed by atoms with E-state index in [-0.39, 0.29) is 0 Å². The number of ether oxygens (including phenoxy) is 1. The number of pyridine rings is 1. The van der Waals surface area contributed by atoms with Gasteiger partial charge in [-0.3, -0.25) is 4.40 Å². The van der Waals surface area contributed by atoms with Gasteiger partial charge < -0.3 is 9.64 Å². The lowest BCUT2D eigenvalue weighted by molar-refractivity contribution is 0.215. The number of anilines is 1. The fourth-order valence-corrected chi connectivity index (χ4v) is 3.28. The van der Waals surface area contributed by atoms with Crippen molar-refractivity contribution in [3.8, 4) is 5.88 Å². The van der Waals surface area contributed by atoms with Crippen molar-refractivity contribution in [3.05, 3.63) is 42.1 Å². The van der Waals surface area contributed by atoms with Crippen LogP contribution in [0.1, 0.15) is 24.2 Å². The Bertz CT molecular complexity index is 869. The summed E-state index contributed by atoms with van der Waals surface area (Å²) in [5.74, 6) is 3.09. The highest BCUT2D eigenvalue weighted by Crippen LogP contribution is 2.25. The fraction of sp³-hybridized carbons (Fsp3) is 0.444. The first-order chi connectivity index (χ1) is 12.2. The molecule has 0 spiro atoms. The van der Waals surface area contributed by atoms with Gasteiger partial charge in [0.05, 0.1) is 6.61 Å². The minimum atomic E-state index is 0.539. The molecular weight excluding hydrogens is 316 g/mol. The second-order valence-electron chi connectivity index (χ2n) is 6.56. The third-order valence-corrected chi connectivity index (χ3v) is 4.81. The molecule has 25 heavy (non-hydrogen) atoms. The average molecular weight is 338 g/mol. The second kappa shape index (κ2) is 6.66. The summed E-state index contributed by atoms with van der Waals surface area (Å²) in [5, 5.41) is 8.43. The zero-order valence-electron chi connectivity index (χ0n) is 14.6. The topological polar surface area (TPSA) is 68.4 Å². The Kier molecular flexibility index (Phi) is 4.21. The largest absolute Gasteiger partial charge is 0.477 e. The first-order valence-electron chi connectivity index (χ1n) is 8.68. The highest BCUT2D eigenvalue weighted by atomic mass is 16.5. The summed E-state index contributed by atoms with van der Waals surface area (Å²) in [4.78, 5) is 11.1. The number of nitrogens with zero attached hydrogens (tertiary/aromatic N) is 6. The van der Waals surface area contributed by atoms with Crippen LogP contribution in [0.4, 0.5) is 5.82 Å². The van der Waals surface area contributed by atoms with Gasteiger partial charge >= 0.3 is 0 Å². The van der Waals surface area contributed by atoms with Crippen LogP contribution >= 0.6 is 0 Å². The molecule has 3 aromatic heterocycles. The quantitative estimate of drug-likeness (QED) is 0.728. The van der Waals surface area contributed by atoms with Crippen molar-refractivity contribution in [2.24, 2.45) is 5.92 Å². The van der Waals surface area contributed by atoms with E-state index in [0.29, 0.717) is 12.5 Å². The van der Waals surface area contributed by atoms with Crippen LogP contribution in [0.2, 0.25) is 0 Å². The molecule has 0 saturated carbocycles. The van der Waals surface area contributed by atoms with Crippen molar-refractivity contribution in [2.75, 3.05) is 24.6 Å². The molecule has 0 N–H and O–H groups in total. The molecule has 130 valence electrons. The number of piperidine rings is 1. The van der Waals surface area contributed by atoms with Gasteiger partial charge in [-0.25, -0.2) is 9.97 Å². The molecule has 1 saturated heterocycles. The van der Waals surface area contributed by atoms with Crippen molar-refractivity contribution in [2.45, 2.75) is 26.7 Å². The lowest BCUT2D eigenvalue weighted by Crippen LogP contribution is -2.36. The highest BCUT2D eigenvalue weighted by molar-refractivity contribution is 5.63. The van der Waals surface area contributed by atoms with E-state index in [0.717, 1.165) is 54.7 Å².